The highest BCUT2D eigenvalue weighted by molar-refractivity contribution is 6.30. The first-order chi connectivity index (χ1) is 12.0. The largest absolute Gasteiger partial charge is 0.493 e. The molecule has 2 N–H and O–H groups in total. The van der Waals surface area contributed by atoms with Gasteiger partial charge < -0.3 is 4.74 Å². The molecule has 0 unspecified atom stereocenters. The molecule has 0 aliphatic heterocycles. The van der Waals surface area contributed by atoms with E-state index in [1.54, 1.807) is 12.1 Å². The molecule has 1 heterocycles. The van der Waals surface area contributed by atoms with Gasteiger partial charge in [0.05, 0.1) is 6.61 Å². The Bertz CT molecular complexity index is 769. The van der Waals surface area contributed by atoms with Crippen LogP contribution in [0.4, 0.5) is 0 Å². The molecule has 0 atom stereocenters. The van der Waals surface area contributed by atoms with E-state index in [-0.39, 0.29) is 17.5 Å². The Hall–Kier alpha value is -2.31. The third kappa shape index (κ3) is 6.25. The second-order valence-electron chi connectivity index (χ2n) is 5.23. The summed E-state index contributed by atoms with van der Waals surface area (Å²) in [6, 6.07) is 8.25. The van der Waals surface area contributed by atoms with Crippen LogP contribution in [0.15, 0.2) is 36.5 Å². The zero-order valence-corrected chi connectivity index (χ0v) is 15.0. The summed E-state index contributed by atoms with van der Waals surface area (Å²) in [4.78, 5) is 27.3. The smallest absolute Gasteiger partial charge is 0.269 e. The zero-order valence-electron chi connectivity index (χ0n) is 13.5. The van der Waals surface area contributed by atoms with Crippen LogP contribution in [0.25, 0.3) is 0 Å². The third-order valence-electron chi connectivity index (χ3n) is 3.25. The highest BCUT2D eigenvalue weighted by atomic mass is 35.5. The first-order valence-electron chi connectivity index (χ1n) is 7.55. The van der Waals surface area contributed by atoms with Crippen molar-refractivity contribution in [2.75, 3.05) is 6.61 Å². The number of carbonyl (C=O) groups is 2. The van der Waals surface area contributed by atoms with Crippen LogP contribution >= 0.6 is 23.2 Å². The molecule has 2 aromatic rings. The SMILES string of the molecule is Cc1cc(Cl)ccc1OCCCC(=O)NNC(=O)c1ccnc(Cl)c1. The van der Waals surface area contributed by atoms with Gasteiger partial charge in [-0.25, -0.2) is 4.98 Å². The predicted molar refractivity (Wildman–Crippen MR) is 95.8 cm³/mol. The van der Waals surface area contributed by atoms with Crippen molar-refractivity contribution in [3.63, 3.8) is 0 Å². The number of halogens is 2. The van der Waals surface area contributed by atoms with Crippen LogP contribution in [0, 0.1) is 6.92 Å². The van der Waals surface area contributed by atoms with Gasteiger partial charge in [-0.15, -0.1) is 0 Å². The number of aryl methyl sites for hydroxylation is 1. The summed E-state index contributed by atoms with van der Waals surface area (Å²) in [6.07, 6.45) is 2.13. The molecule has 2 amide bonds. The average Bonchev–Trinajstić information content (AvgIpc) is 2.58. The van der Waals surface area contributed by atoms with Gasteiger partial charge in [0.15, 0.2) is 0 Å². The molecule has 1 aromatic heterocycles. The van der Waals surface area contributed by atoms with Crippen LogP contribution in [0.1, 0.15) is 28.8 Å². The van der Waals surface area contributed by atoms with E-state index in [0.717, 1.165) is 11.3 Å². The van der Waals surface area contributed by atoms with Crippen molar-refractivity contribution < 1.29 is 14.3 Å². The highest BCUT2D eigenvalue weighted by Gasteiger charge is 2.08. The van der Waals surface area contributed by atoms with Crippen molar-refractivity contribution in [2.45, 2.75) is 19.8 Å². The van der Waals surface area contributed by atoms with Gasteiger partial charge in [0, 0.05) is 23.2 Å². The van der Waals surface area contributed by atoms with Gasteiger partial charge in [-0.2, -0.15) is 0 Å². The van der Waals surface area contributed by atoms with E-state index in [1.807, 2.05) is 13.0 Å². The van der Waals surface area contributed by atoms with E-state index in [4.69, 9.17) is 27.9 Å². The second-order valence-corrected chi connectivity index (χ2v) is 6.06. The lowest BCUT2D eigenvalue weighted by Crippen LogP contribution is -2.41. The van der Waals surface area contributed by atoms with Gasteiger partial charge in [-0.3, -0.25) is 20.4 Å². The summed E-state index contributed by atoms with van der Waals surface area (Å²) in [5.74, 6) is -0.0525. The first kappa shape index (κ1) is 19.0. The van der Waals surface area contributed by atoms with Crippen molar-refractivity contribution in [3.8, 4) is 5.75 Å². The lowest BCUT2D eigenvalue weighted by Gasteiger charge is -2.10. The van der Waals surface area contributed by atoms with Crippen molar-refractivity contribution in [1.82, 2.24) is 15.8 Å². The van der Waals surface area contributed by atoms with Crippen molar-refractivity contribution in [2.24, 2.45) is 0 Å². The molecule has 6 nitrogen and oxygen atoms in total. The number of nitrogens with one attached hydrogen (secondary N) is 2. The van der Waals surface area contributed by atoms with Crippen molar-refractivity contribution >= 4 is 35.0 Å². The van der Waals surface area contributed by atoms with Gasteiger partial charge >= 0.3 is 0 Å². The number of amides is 2. The molecule has 132 valence electrons. The van der Waals surface area contributed by atoms with Gasteiger partial charge in [0.25, 0.3) is 5.91 Å². The Morgan fingerprint density at radius 2 is 1.96 bits per heavy atom. The Labute approximate surface area is 155 Å². The van der Waals surface area contributed by atoms with Crippen LogP contribution in [-0.2, 0) is 4.79 Å². The molecule has 0 saturated carbocycles. The lowest BCUT2D eigenvalue weighted by atomic mass is 10.2. The van der Waals surface area contributed by atoms with Gasteiger partial charge in [-0.05, 0) is 49.2 Å². The fraction of sp³-hybridized carbons (Fsp3) is 0.235. The number of pyridine rings is 1. The fourth-order valence-corrected chi connectivity index (χ4v) is 2.40. The summed E-state index contributed by atoms with van der Waals surface area (Å²) < 4.78 is 5.60. The predicted octanol–water partition coefficient (Wildman–Crippen LogP) is 3.32. The normalized spacial score (nSPS) is 10.2. The van der Waals surface area contributed by atoms with Crippen LogP contribution in [0.5, 0.6) is 5.75 Å². The highest BCUT2D eigenvalue weighted by Crippen LogP contribution is 2.21. The minimum Gasteiger partial charge on any atom is -0.493 e. The Kier molecular flexibility index (Phi) is 7.03. The Balaban J connectivity index is 1.68. The molecule has 0 fully saturated rings. The number of carbonyl (C=O) groups excluding carboxylic acids is 2. The van der Waals surface area contributed by atoms with E-state index in [9.17, 15) is 9.59 Å². The standard InChI is InChI=1S/C17H17Cl2N3O3/c1-11-9-13(18)4-5-14(11)25-8-2-3-16(23)21-22-17(24)12-6-7-20-15(19)10-12/h4-7,9-10H,2-3,8H2,1H3,(H,21,23)(H,22,24). The summed E-state index contributed by atoms with van der Waals surface area (Å²) in [6.45, 7) is 2.28. The minimum atomic E-state index is -0.467. The van der Waals surface area contributed by atoms with E-state index in [0.29, 0.717) is 23.6 Å². The zero-order chi connectivity index (χ0) is 18.2. The van der Waals surface area contributed by atoms with Crippen molar-refractivity contribution in [1.29, 1.82) is 0 Å². The number of hydrazine groups is 1. The molecule has 2 rings (SSSR count). The van der Waals surface area contributed by atoms with Gasteiger partial charge in [-0.1, -0.05) is 23.2 Å². The molecule has 25 heavy (non-hydrogen) atoms. The summed E-state index contributed by atoms with van der Waals surface area (Å²) in [5.41, 5.74) is 5.90. The molecule has 1 aromatic carbocycles. The van der Waals surface area contributed by atoms with E-state index < -0.39 is 5.91 Å². The molecule has 0 aliphatic carbocycles. The Morgan fingerprint density at radius 1 is 1.16 bits per heavy atom. The number of hydrogen-bond donors (Lipinski definition) is 2. The van der Waals surface area contributed by atoms with Gasteiger partial charge in [0.1, 0.15) is 10.9 Å². The van der Waals surface area contributed by atoms with Crippen LogP contribution in [0.2, 0.25) is 10.2 Å². The van der Waals surface area contributed by atoms with E-state index in [1.165, 1.54) is 18.3 Å². The first-order valence-corrected chi connectivity index (χ1v) is 8.31. The number of ether oxygens (including phenoxy) is 1. The molecule has 0 spiro atoms. The van der Waals surface area contributed by atoms with Crippen molar-refractivity contribution in [3.05, 3.63) is 57.8 Å². The molecule has 0 saturated heterocycles. The van der Waals surface area contributed by atoms with Crippen LogP contribution < -0.4 is 15.6 Å². The molecule has 0 bridgehead atoms. The number of aromatic nitrogens is 1. The lowest BCUT2D eigenvalue weighted by molar-refractivity contribution is -0.122. The second kappa shape index (κ2) is 9.25. The molecule has 0 aliphatic rings. The monoisotopic (exact) mass is 381 g/mol. The number of benzene rings is 1. The van der Waals surface area contributed by atoms with Gasteiger partial charge in [0.2, 0.25) is 5.91 Å². The summed E-state index contributed by atoms with van der Waals surface area (Å²) in [5, 5.41) is 0.851. The summed E-state index contributed by atoms with van der Waals surface area (Å²) >= 11 is 11.6. The Morgan fingerprint density at radius 3 is 2.68 bits per heavy atom. The quantitative estimate of drug-likeness (QED) is 0.456. The molecule has 8 heteroatoms. The number of nitrogens with zero attached hydrogens (tertiary/aromatic N) is 1. The van der Waals surface area contributed by atoms with Crippen LogP contribution in [0.3, 0.4) is 0 Å². The maximum absolute atomic E-state index is 11.8. The molecule has 0 radical (unpaired) electrons. The maximum Gasteiger partial charge on any atom is 0.269 e. The van der Waals surface area contributed by atoms with E-state index >= 15 is 0 Å². The average molecular weight is 382 g/mol. The maximum atomic E-state index is 11.8. The topological polar surface area (TPSA) is 80.3 Å². The van der Waals surface area contributed by atoms with Crippen LogP contribution in [-0.4, -0.2) is 23.4 Å². The molecular formula is C17H17Cl2N3O3. The summed E-state index contributed by atoms with van der Waals surface area (Å²) in [7, 11) is 0. The van der Waals surface area contributed by atoms with E-state index in [2.05, 4.69) is 15.8 Å². The third-order valence-corrected chi connectivity index (χ3v) is 3.69. The minimum absolute atomic E-state index is 0.202. The molecular weight excluding hydrogens is 365 g/mol. The number of hydrogen-bond acceptors (Lipinski definition) is 4. The fourth-order valence-electron chi connectivity index (χ4n) is 1.99. The number of rotatable bonds is 6.